The zero-order valence-electron chi connectivity index (χ0n) is 8.84. The largest absolute Gasteiger partial charge is 0.342 e. The Bertz CT molecular complexity index is 384. The lowest BCUT2D eigenvalue weighted by Gasteiger charge is -2.16. The smallest absolute Gasteiger partial charge is 0.253 e. The molecule has 88 valence electrons. The number of halogens is 3. The van der Waals surface area contributed by atoms with Crippen LogP contribution < -0.4 is 0 Å². The van der Waals surface area contributed by atoms with E-state index in [2.05, 4.69) is 31.9 Å². The van der Waals surface area contributed by atoms with Gasteiger partial charge in [0.25, 0.3) is 5.91 Å². The van der Waals surface area contributed by atoms with Crippen LogP contribution in [0.5, 0.6) is 0 Å². The lowest BCUT2D eigenvalue weighted by Crippen LogP contribution is -2.28. The van der Waals surface area contributed by atoms with Gasteiger partial charge in [-0.15, -0.1) is 0 Å². The summed E-state index contributed by atoms with van der Waals surface area (Å²) < 4.78 is 13.6. The van der Waals surface area contributed by atoms with E-state index in [9.17, 15) is 9.18 Å². The number of hydrogen-bond acceptors (Lipinski definition) is 1. The maximum absolute atomic E-state index is 13.2. The highest BCUT2D eigenvalue weighted by Gasteiger charge is 2.12. The lowest BCUT2D eigenvalue weighted by atomic mass is 10.2. The van der Waals surface area contributed by atoms with Crippen molar-refractivity contribution in [3.05, 3.63) is 34.1 Å². The molecule has 0 aliphatic heterocycles. The first-order valence-corrected chi connectivity index (χ1v) is 6.74. The summed E-state index contributed by atoms with van der Waals surface area (Å²) in [6.07, 6.45) is 0.876. The van der Waals surface area contributed by atoms with Crippen molar-refractivity contribution < 1.29 is 9.18 Å². The molecule has 0 saturated carbocycles. The summed E-state index contributed by atoms with van der Waals surface area (Å²) >= 11 is 6.35. The molecule has 2 nitrogen and oxygen atoms in total. The van der Waals surface area contributed by atoms with E-state index < -0.39 is 5.82 Å². The molecular formula is C11H12Br2FNO. The third-order valence-electron chi connectivity index (χ3n) is 2.14. The van der Waals surface area contributed by atoms with Gasteiger partial charge in [-0.3, -0.25) is 4.79 Å². The van der Waals surface area contributed by atoms with Crippen LogP contribution in [-0.2, 0) is 0 Å². The summed E-state index contributed by atoms with van der Waals surface area (Å²) in [5.74, 6) is -0.577. The van der Waals surface area contributed by atoms with Crippen molar-refractivity contribution in [3.8, 4) is 0 Å². The second-order valence-electron chi connectivity index (χ2n) is 3.40. The lowest BCUT2D eigenvalue weighted by molar-refractivity contribution is 0.0795. The van der Waals surface area contributed by atoms with Gasteiger partial charge in [0.2, 0.25) is 0 Å². The van der Waals surface area contributed by atoms with Gasteiger partial charge in [0.1, 0.15) is 5.82 Å². The summed E-state index contributed by atoms with van der Waals surface area (Å²) in [5.41, 5.74) is 0.373. The summed E-state index contributed by atoms with van der Waals surface area (Å²) in [6, 6.07) is 4.40. The molecule has 1 rings (SSSR count). The number of benzene rings is 1. The Labute approximate surface area is 111 Å². The monoisotopic (exact) mass is 351 g/mol. The molecule has 0 spiro atoms. The normalized spacial score (nSPS) is 10.2. The Morgan fingerprint density at radius 3 is 2.75 bits per heavy atom. The third kappa shape index (κ3) is 3.56. The molecule has 0 heterocycles. The summed E-state index contributed by atoms with van der Waals surface area (Å²) in [7, 11) is 1.71. The van der Waals surface area contributed by atoms with Crippen LogP contribution in [0, 0.1) is 5.82 Å². The molecule has 0 aromatic heterocycles. The minimum Gasteiger partial charge on any atom is -0.342 e. The quantitative estimate of drug-likeness (QED) is 0.760. The van der Waals surface area contributed by atoms with Gasteiger partial charge in [-0.05, 0) is 40.5 Å². The van der Waals surface area contributed by atoms with Gasteiger partial charge in [0.15, 0.2) is 0 Å². The molecular weight excluding hydrogens is 341 g/mol. The van der Waals surface area contributed by atoms with Crippen LogP contribution in [0.1, 0.15) is 16.8 Å². The van der Waals surface area contributed by atoms with Crippen LogP contribution in [0.15, 0.2) is 22.7 Å². The average molecular weight is 353 g/mol. The zero-order chi connectivity index (χ0) is 12.1. The molecule has 1 aromatic rings. The Morgan fingerprint density at radius 2 is 2.19 bits per heavy atom. The molecule has 5 heteroatoms. The first kappa shape index (κ1) is 13.6. The van der Waals surface area contributed by atoms with E-state index in [0.717, 1.165) is 11.8 Å². The molecule has 0 radical (unpaired) electrons. The first-order chi connectivity index (χ1) is 7.56. The van der Waals surface area contributed by atoms with Crippen molar-refractivity contribution >= 4 is 37.8 Å². The Kier molecular flexibility index (Phi) is 5.41. The average Bonchev–Trinajstić information content (AvgIpc) is 2.28. The number of rotatable bonds is 4. The van der Waals surface area contributed by atoms with Gasteiger partial charge in [0, 0.05) is 24.5 Å². The Hall–Kier alpha value is -0.420. The number of amides is 1. The Morgan fingerprint density at radius 1 is 1.50 bits per heavy atom. The predicted molar refractivity (Wildman–Crippen MR) is 69.5 cm³/mol. The molecule has 0 aliphatic carbocycles. The fourth-order valence-corrected chi connectivity index (χ4v) is 1.75. The zero-order valence-corrected chi connectivity index (χ0v) is 12.0. The van der Waals surface area contributed by atoms with Gasteiger partial charge < -0.3 is 4.90 Å². The van der Waals surface area contributed by atoms with Gasteiger partial charge >= 0.3 is 0 Å². The highest BCUT2D eigenvalue weighted by molar-refractivity contribution is 9.10. The van der Waals surface area contributed by atoms with Crippen LogP contribution in [0.4, 0.5) is 4.39 Å². The third-order valence-corrected chi connectivity index (χ3v) is 3.34. The maximum atomic E-state index is 13.2. The molecule has 1 aromatic carbocycles. The number of carbonyl (C=O) groups excluding carboxylic acids is 1. The van der Waals surface area contributed by atoms with E-state index >= 15 is 0 Å². The fraction of sp³-hybridized carbons (Fsp3) is 0.364. The molecule has 0 unspecified atom stereocenters. The molecule has 0 atom stereocenters. The first-order valence-electron chi connectivity index (χ1n) is 4.82. The van der Waals surface area contributed by atoms with E-state index in [-0.39, 0.29) is 5.91 Å². The van der Waals surface area contributed by atoms with Crippen LogP contribution in [0.25, 0.3) is 0 Å². The highest BCUT2D eigenvalue weighted by atomic mass is 79.9. The SMILES string of the molecule is CN(CCCBr)C(=O)c1ccc(Br)c(F)c1. The molecule has 1 amide bonds. The minimum absolute atomic E-state index is 0.160. The maximum Gasteiger partial charge on any atom is 0.253 e. The molecule has 16 heavy (non-hydrogen) atoms. The number of carbonyl (C=O) groups is 1. The van der Waals surface area contributed by atoms with Crippen molar-refractivity contribution in [2.45, 2.75) is 6.42 Å². The molecule has 0 saturated heterocycles. The van der Waals surface area contributed by atoms with Crippen molar-refractivity contribution in [2.75, 3.05) is 18.9 Å². The summed E-state index contributed by atoms with van der Waals surface area (Å²) in [6.45, 7) is 0.655. The van der Waals surface area contributed by atoms with Crippen LogP contribution >= 0.6 is 31.9 Å². The van der Waals surface area contributed by atoms with E-state index in [1.54, 1.807) is 24.1 Å². The molecule has 0 fully saturated rings. The molecule has 0 aliphatic rings. The fourth-order valence-electron chi connectivity index (χ4n) is 1.25. The molecule has 0 N–H and O–H groups in total. The molecule has 0 bridgehead atoms. The van der Waals surface area contributed by atoms with E-state index in [4.69, 9.17) is 0 Å². The number of hydrogen-bond donors (Lipinski definition) is 0. The second-order valence-corrected chi connectivity index (χ2v) is 5.05. The predicted octanol–water partition coefficient (Wildman–Crippen LogP) is 3.45. The summed E-state index contributed by atoms with van der Waals surface area (Å²) in [5, 5.41) is 0.847. The van der Waals surface area contributed by atoms with Crippen LogP contribution in [-0.4, -0.2) is 29.7 Å². The second kappa shape index (κ2) is 6.35. The van der Waals surface area contributed by atoms with Gasteiger partial charge in [-0.1, -0.05) is 15.9 Å². The van der Waals surface area contributed by atoms with Gasteiger partial charge in [-0.25, -0.2) is 4.39 Å². The van der Waals surface area contributed by atoms with Crippen molar-refractivity contribution in [1.82, 2.24) is 4.90 Å². The van der Waals surface area contributed by atoms with Crippen LogP contribution in [0.2, 0.25) is 0 Å². The van der Waals surface area contributed by atoms with Crippen molar-refractivity contribution in [3.63, 3.8) is 0 Å². The van der Waals surface area contributed by atoms with E-state index in [1.165, 1.54) is 6.07 Å². The van der Waals surface area contributed by atoms with Crippen molar-refractivity contribution in [1.29, 1.82) is 0 Å². The van der Waals surface area contributed by atoms with Crippen molar-refractivity contribution in [2.24, 2.45) is 0 Å². The Balaban J connectivity index is 2.76. The van der Waals surface area contributed by atoms with Gasteiger partial charge in [0.05, 0.1) is 4.47 Å². The van der Waals surface area contributed by atoms with E-state index in [0.29, 0.717) is 16.6 Å². The van der Waals surface area contributed by atoms with Gasteiger partial charge in [-0.2, -0.15) is 0 Å². The summed E-state index contributed by atoms with van der Waals surface area (Å²) in [4.78, 5) is 13.4. The number of nitrogens with zero attached hydrogens (tertiary/aromatic N) is 1. The topological polar surface area (TPSA) is 20.3 Å². The van der Waals surface area contributed by atoms with E-state index in [1.807, 2.05) is 0 Å². The highest BCUT2D eigenvalue weighted by Crippen LogP contribution is 2.17. The van der Waals surface area contributed by atoms with Crippen LogP contribution in [0.3, 0.4) is 0 Å². The standard InChI is InChI=1S/C11H12Br2FNO/c1-15(6-2-5-12)11(16)8-3-4-9(13)10(14)7-8/h3-4,7H,2,5-6H2,1H3. The minimum atomic E-state index is -0.417. The number of alkyl halides is 1.